The van der Waals surface area contributed by atoms with Crippen LogP contribution in [0.5, 0.6) is 11.5 Å². The molecule has 148 valence electrons. The molecule has 28 heavy (non-hydrogen) atoms. The number of benzene rings is 1. The number of piperazine rings is 1. The maximum Gasteiger partial charge on any atom is 0.246 e. The van der Waals surface area contributed by atoms with Gasteiger partial charge in [0, 0.05) is 38.5 Å². The lowest BCUT2D eigenvalue weighted by molar-refractivity contribution is -0.126. The van der Waals surface area contributed by atoms with E-state index in [1.807, 2.05) is 17.0 Å². The number of aromatic nitrogens is 1. The van der Waals surface area contributed by atoms with Gasteiger partial charge in [0.2, 0.25) is 5.91 Å². The Hall–Kier alpha value is -2.44. The molecule has 0 spiro atoms. The van der Waals surface area contributed by atoms with Crippen molar-refractivity contribution < 1.29 is 14.3 Å². The van der Waals surface area contributed by atoms with Gasteiger partial charge in [-0.25, -0.2) is 4.98 Å². The first-order valence-corrected chi connectivity index (χ1v) is 9.52. The van der Waals surface area contributed by atoms with Gasteiger partial charge in [0.25, 0.3) is 0 Å². The van der Waals surface area contributed by atoms with Gasteiger partial charge in [-0.2, -0.15) is 0 Å². The highest BCUT2D eigenvalue weighted by atomic mass is 35.5. The maximum atomic E-state index is 12.5. The number of rotatable bonds is 5. The molecule has 0 unspecified atom stereocenters. The molecule has 0 aliphatic carbocycles. The van der Waals surface area contributed by atoms with Crippen LogP contribution in [0.2, 0.25) is 10.0 Å². The molecule has 0 N–H and O–H groups in total. The highest BCUT2D eigenvalue weighted by molar-refractivity contribution is 6.32. The van der Waals surface area contributed by atoms with Crippen molar-refractivity contribution in [3.8, 4) is 11.5 Å². The van der Waals surface area contributed by atoms with Crippen molar-refractivity contribution in [1.82, 2.24) is 9.88 Å². The summed E-state index contributed by atoms with van der Waals surface area (Å²) >= 11 is 12.1. The van der Waals surface area contributed by atoms with Crippen molar-refractivity contribution in [3.05, 3.63) is 52.1 Å². The van der Waals surface area contributed by atoms with Crippen LogP contribution in [0.1, 0.15) is 5.56 Å². The molecule has 1 aromatic heterocycles. The molecule has 1 amide bonds. The standard InChI is InChI=1S/C20H21Cl2N3O3/c1-27-17-12-14(11-16(22)20(17)28-2)3-6-19(26)25-9-7-24(8-10-25)18-5-4-15(21)13-23-18/h3-6,11-13H,7-10H2,1-2H3/b6-3+. The fourth-order valence-electron chi connectivity index (χ4n) is 3.02. The SMILES string of the molecule is COc1cc(/C=C/C(=O)N2CCN(c3ccc(Cl)cn3)CC2)cc(Cl)c1OC. The number of amides is 1. The molecule has 1 saturated heterocycles. The molecule has 3 rings (SSSR count). The van der Waals surface area contributed by atoms with E-state index in [2.05, 4.69) is 9.88 Å². The number of pyridine rings is 1. The van der Waals surface area contributed by atoms with E-state index < -0.39 is 0 Å². The molecule has 6 nitrogen and oxygen atoms in total. The molecule has 8 heteroatoms. The number of hydrogen-bond acceptors (Lipinski definition) is 5. The summed E-state index contributed by atoms with van der Waals surface area (Å²) in [6.07, 6.45) is 4.91. The predicted octanol–water partition coefficient (Wildman–Crippen LogP) is 3.77. The van der Waals surface area contributed by atoms with E-state index in [0.29, 0.717) is 34.6 Å². The highest BCUT2D eigenvalue weighted by Crippen LogP contribution is 2.36. The topological polar surface area (TPSA) is 54.9 Å². The molecule has 1 fully saturated rings. The van der Waals surface area contributed by atoms with E-state index in [0.717, 1.165) is 24.5 Å². The first kappa shape index (κ1) is 20.3. The van der Waals surface area contributed by atoms with Crippen LogP contribution in [-0.2, 0) is 4.79 Å². The van der Waals surface area contributed by atoms with Gasteiger partial charge in [0.05, 0.1) is 24.3 Å². The Morgan fingerprint density at radius 3 is 2.46 bits per heavy atom. The van der Waals surface area contributed by atoms with E-state index in [1.54, 1.807) is 37.6 Å². The Labute approximate surface area is 174 Å². The first-order valence-electron chi connectivity index (χ1n) is 8.77. The molecule has 0 atom stereocenters. The number of halogens is 2. The molecule has 0 radical (unpaired) electrons. The summed E-state index contributed by atoms with van der Waals surface area (Å²) in [6, 6.07) is 7.22. The van der Waals surface area contributed by atoms with Crippen LogP contribution < -0.4 is 14.4 Å². The number of ether oxygens (including phenoxy) is 2. The molecule has 0 bridgehead atoms. The Balaban J connectivity index is 1.61. The van der Waals surface area contributed by atoms with Crippen LogP contribution in [0.4, 0.5) is 5.82 Å². The van der Waals surface area contributed by atoms with Gasteiger partial charge in [0.15, 0.2) is 11.5 Å². The minimum Gasteiger partial charge on any atom is -0.493 e. The monoisotopic (exact) mass is 421 g/mol. The summed E-state index contributed by atoms with van der Waals surface area (Å²) in [5, 5.41) is 1.04. The highest BCUT2D eigenvalue weighted by Gasteiger charge is 2.20. The number of nitrogens with zero attached hydrogens (tertiary/aromatic N) is 3. The lowest BCUT2D eigenvalue weighted by Crippen LogP contribution is -2.48. The molecule has 1 aliphatic heterocycles. The zero-order chi connectivity index (χ0) is 20.1. The molecular weight excluding hydrogens is 401 g/mol. The molecule has 1 aromatic carbocycles. The summed E-state index contributed by atoms with van der Waals surface area (Å²) in [5.41, 5.74) is 0.764. The third-order valence-electron chi connectivity index (χ3n) is 4.50. The zero-order valence-corrected chi connectivity index (χ0v) is 17.2. The van der Waals surface area contributed by atoms with E-state index in [9.17, 15) is 4.79 Å². The predicted molar refractivity (Wildman–Crippen MR) is 112 cm³/mol. The fraction of sp³-hybridized carbons (Fsp3) is 0.300. The average Bonchev–Trinajstić information content (AvgIpc) is 2.72. The largest absolute Gasteiger partial charge is 0.493 e. The van der Waals surface area contributed by atoms with Crippen LogP contribution in [0.3, 0.4) is 0 Å². The van der Waals surface area contributed by atoms with Gasteiger partial charge in [-0.3, -0.25) is 4.79 Å². The molecular formula is C20H21Cl2N3O3. The zero-order valence-electron chi connectivity index (χ0n) is 15.7. The average molecular weight is 422 g/mol. The summed E-state index contributed by atoms with van der Waals surface area (Å²) < 4.78 is 10.5. The van der Waals surface area contributed by atoms with Crippen molar-refractivity contribution in [2.45, 2.75) is 0 Å². The summed E-state index contributed by atoms with van der Waals surface area (Å²) in [6.45, 7) is 2.69. The summed E-state index contributed by atoms with van der Waals surface area (Å²) in [7, 11) is 3.07. The number of carbonyl (C=O) groups is 1. The Morgan fingerprint density at radius 1 is 1.11 bits per heavy atom. The van der Waals surface area contributed by atoms with Crippen LogP contribution in [0.25, 0.3) is 6.08 Å². The van der Waals surface area contributed by atoms with Crippen molar-refractivity contribution in [2.24, 2.45) is 0 Å². The normalized spacial score (nSPS) is 14.4. The Bertz CT molecular complexity index is 864. The van der Waals surface area contributed by atoms with Crippen molar-refractivity contribution >= 4 is 41.0 Å². The summed E-state index contributed by atoms with van der Waals surface area (Å²) in [4.78, 5) is 20.8. The van der Waals surface area contributed by atoms with Crippen LogP contribution in [0, 0.1) is 0 Å². The van der Waals surface area contributed by atoms with Crippen LogP contribution in [0.15, 0.2) is 36.5 Å². The number of methoxy groups -OCH3 is 2. The van der Waals surface area contributed by atoms with Gasteiger partial charge in [0.1, 0.15) is 5.82 Å². The minimum absolute atomic E-state index is 0.0466. The Kier molecular flexibility index (Phi) is 6.65. The van der Waals surface area contributed by atoms with Crippen LogP contribution >= 0.6 is 23.2 Å². The molecule has 0 saturated carbocycles. The fourth-order valence-corrected chi connectivity index (χ4v) is 3.43. The second-order valence-electron chi connectivity index (χ2n) is 6.22. The second-order valence-corrected chi connectivity index (χ2v) is 7.06. The Morgan fingerprint density at radius 2 is 1.86 bits per heavy atom. The second kappa shape index (κ2) is 9.17. The number of anilines is 1. The number of carbonyl (C=O) groups excluding carboxylic acids is 1. The van der Waals surface area contributed by atoms with E-state index in [-0.39, 0.29) is 5.91 Å². The lowest BCUT2D eigenvalue weighted by atomic mass is 10.1. The van der Waals surface area contributed by atoms with Crippen molar-refractivity contribution in [1.29, 1.82) is 0 Å². The van der Waals surface area contributed by atoms with Gasteiger partial charge >= 0.3 is 0 Å². The van der Waals surface area contributed by atoms with E-state index in [1.165, 1.54) is 7.11 Å². The smallest absolute Gasteiger partial charge is 0.246 e. The number of hydrogen-bond donors (Lipinski definition) is 0. The van der Waals surface area contributed by atoms with Gasteiger partial charge in [-0.05, 0) is 35.9 Å². The third kappa shape index (κ3) is 4.69. The van der Waals surface area contributed by atoms with E-state index >= 15 is 0 Å². The van der Waals surface area contributed by atoms with Gasteiger partial charge in [-0.1, -0.05) is 23.2 Å². The van der Waals surface area contributed by atoms with Crippen molar-refractivity contribution in [3.63, 3.8) is 0 Å². The third-order valence-corrected chi connectivity index (χ3v) is 5.01. The maximum absolute atomic E-state index is 12.5. The molecule has 2 aromatic rings. The summed E-state index contributed by atoms with van der Waals surface area (Å²) in [5.74, 6) is 1.81. The van der Waals surface area contributed by atoms with Crippen LogP contribution in [-0.4, -0.2) is 56.2 Å². The van der Waals surface area contributed by atoms with Crippen molar-refractivity contribution in [2.75, 3.05) is 45.3 Å². The van der Waals surface area contributed by atoms with Gasteiger partial charge < -0.3 is 19.3 Å². The van der Waals surface area contributed by atoms with E-state index in [4.69, 9.17) is 32.7 Å². The quantitative estimate of drug-likeness (QED) is 0.687. The molecule has 1 aliphatic rings. The molecule has 2 heterocycles. The minimum atomic E-state index is -0.0466. The van der Waals surface area contributed by atoms with Gasteiger partial charge in [-0.15, -0.1) is 0 Å². The lowest BCUT2D eigenvalue weighted by Gasteiger charge is -2.34. The first-order chi connectivity index (χ1) is 13.5.